The van der Waals surface area contributed by atoms with Crippen LogP contribution < -0.4 is 48.3 Å². The number of carbonyl (C=O) groups is 12. The second-order valence-electron chi connectivity index (χ2n) is 23.1. The number of ether oxygens (including phenoxy) is 1. The summed E-state index contributed by atoms with van der Waals surface area (Å²) in [6, 6.07) is -2.95. The number of carbonyl (C=O) groups excluding carboxylic acids is 11. The summed E-state index contributed by atoms with van der Waals surface area (Å²) < 4.78 is 5.70. The van der Waals surface area contributed by atoms with Crippen LogP contribution in [0.3, 0.4) is 0 Å². The van der Waals surface area contributed by atoms with Crippen LogP contribution in [0.25, 0.3) is 27.9 Å². The predicted molar refractivity (Wildman–Crippen MR) is 319 cm³/mol. The zero-order valence-electron chi connectivity index (χ0n) is 50.5. The summed E-state index contributed by atoms with van der Waals surface area (Å²) >= 11 is 0. The molecule has 2 aromatic heterocycles. The second-order valence-corrected chi connectivity index (χ2v) is 23.1. The number of amides is 10. The Morgan fingerprint density at radius 3 is 1.97 bits per heavy atom. The molecular formula is C59H77N13O19. The number of para-hydroxylation sites is 2. The van der Waals surface area contributed by atoms with Gasteiger partial charge in [-0.05, 0) is 63.3 Å². The third-order valence-corrected chi connectivity index (χ3v) is 16.2. The van der Waals surface area contributed by atoms with E-state index in [-0.39, 0.29) is 19.4 Å². The van der Waals surface area contributed by atoms with Gasteiger partial charge in [-0.15, -0.1) is 0 Å². The zero-order valence-corrected chi connectivity index (χ0v) is 50.5. The van der Waals surface area contributed by atoms with Crippen LogP contribution in [0, 0.1) is 5.92 Å². The molecule has 10 amide bonds. The van der Waals surface area contributed by atoms with Crippen molar-refractivity contribution >= 4 is 98.9 Å². The number of aliphatic carboxylic acids is 1. The van der Waals surface area contributed by atoms with Crippen LogP contribution in [0.4, 0.5) is 0 Å². The maximum atomic E-state index is 15.3. The van der Waals surface area contributed by atoms with Crippen LogP contribution in [0.5, 0.6) is 0 Å². The van der Waals surface area contributed by atoms with E-state index in [0.717, 1.165) is 30.6 Å². The van der Waals surface area contributed by atoms with E-state index in [1.54, 1.807) is 61.7 Å². The van der Waals surface area contributed by atoms with E-state index in [2.05, 4.69) is 52.5 Å². The van der Waals surface area contributed by atoms with E-state index in [1.807, 2.05) is 0 Å². The van der Waals surface area contributed by atoms with Crippen molar-refractivity contribution in [2.45, 2.75) is 152 Å². The van der Waals surface area contributed by atoms with Gasteiger partial charge in [0, 0.05) is 58.8 Å². The molecule has 7 rings (SSSR count). The maximum Gasteiger partial charge on any atom is 0.331 e. The fourth-order valence-electron chi connectivity index (χ4n) is 10.9. The SMILES string of the molecule is CC1NC(=O)C(C(C)O)NC(=O)C(NC(=O)C(CO)NC(=O)CC(N)C(=O)O)C(C)OC(=O)C2C(O)CCN2C(=O)C(C(O)C(C)C)NC(=O)C(C(C)c2c[nH]c3ccccc23)NC(=O)/C(=C/c2c[nH]c3ccccc23)NC(=O)C2C(O)CCN2C(=O)CNC1=O. The summed E-state index contributed by atoms with van der Waals surface area (Å²) in [6.45, 7) is 5.13. The van der Waals surface area contributed by atoms with Gasteiger partial charge < -0.3 is 103 Å². The molecule has 15 unspecified atom stereocenters. The minimum Gasteiger partial charge on any atom is -0.480 e. The highest BCUT2D eigenvalue weighted by Gasteiger charge is 2.49. The van der Waals surface area contributed by atoms with Crippen LogP contribution in [-0.4, -0.2) is 233 Å². The fraction of sp³-hybridized carbons (Fsp3) is 0.492. The lowest BCUT2D eigenvalue weighted by atomic mass is 9.91. The Hall–Kier alpha value is -9.34. The maximum absolute atomic E-state index is 15.3. The molecule has 2 aromatic carbocycles. The van der Waals surface area contributed by atoms with Crippen molar-refractivity contribution < 1.29 is 92.9 Å². The molecule has 15 atom stereocenters. The molecule has 5 heterocycles. The Labute approximate surface area is 519 Å². The molecule has 32 heteroatoms. The molecule has 0 spiro atoms. The number of esters is 1. The number of H-pyrrole nitrogens is 2. The summed E-state index contributed by atoms with van der Waals surface area (Å²) in [4.78, 5) is 176. The van der Waals surface area contributed by atoms with Crippen molar-refractivity contribution in [3.8, 4) is 0 Å². The molecule has 0 bridgehead atoms. The van der Waals surface area contributed by atoms with E-state index < -0.39 is 200 Å². The lowest BCUT2D eigenvalue weighted by Crippen LogP contribution is -2.64. The van der Waals surface area contributed by atoms with Crippen LogP contribution in [0.1, 0.15) is 77.8 Å². The van der Waals surface area contributed by atoms with Gasteiger partial charge in [-0.1, -0.05) is 57.2 Å². The van der Waals surface area contributed by atoms with E-state index in [1.165, 1.54) is 26.1 Å². The predicted octanol–water partition coefficient (Wildman–Crippen LogP) is -4.98. The molecule has 91 heavy (non-hydrogen) atoms. The first-order valence-corrected chi connectivity index (χ1v) is 29.4. The average molecular weight is 1270 g/mol. The molecular weight excluding hydrogens is 1190 g/mol. The zero-order chi connectivity index (χ0) is 66.9. The Morgan fingerprint density at radius 1 is 0.736 bits per heavy atom. The van der Waals surface area contributed by atoms with Crippen LogP contribution in [0.2, 0.25) is 0 Å². The van der Waals surface area contributed by atoms with Gasteiger partial charge in [0.1, 0.15) is 60.1 Å². The number of aliphatic hydroxyl groups excluding tert-OH is 5. The number of carboxylic acid groups (broad SMARTS) is 1. The number of carboxylic acids is 1. The lowest BCUT2D eigenvalue weighted by molar-refractivity contribution is -0.164. The smallest absolute Gasteiger partial charge is 0.331 e. The Kier molecular flexibility index (Phi) is 22.8. The van der Waals surface area contributed by atoms with Crippen molar-refractivity contribution in [1.82, 2.24) is 62.3 Å². The van der Waals surface area contributed by atoms with Crippen LogP contribution in [0.15, 0.2) is 66.6 Å². The first-order valence-electron chi connectivity index (χ1n) is 29.4. The number of rotatable bonds is 13. The molecule has 32 nitrogen and oxygen atoms in total. The van der Waals surface area contributed by atoms with Crippen molar-refractivity contribution in [3.63, 3.8) is 0 Å². The first-order chi connectivity index (χ1) is 43.0. The number of nitrogens with one attached hydrogen (secondary N) is 10. The summed E-state index contributed by atoms with van der Waals surface area (Å²) in [5.41, 5.74) is 7.01. The molecule has 3 saturated heterocycles. The topological polar surface area (TPSA) is 496 Å². The number of aliphatic hydroxyl groups is 5. The number of benzene rings is 2. The summed E-state index contributed by atoms with van der Waals surface area (Å²) in [6.07, 6.45) is -5.75. The van der Waals surface area contributed by atoms with Gasteiger partial charge in [-0.2, -0.15) is 0 Å². The van der Waals surface area contributed by atoms with E-state index in [0.29, 0.717) is 32.9 Å². The number of aromatic nitrogens is 2. The molecule has 3 fully saturated rings. The second kappa shape index (κ2) is 30.0. The highest BCUT2D eigenvalue weighted by molar-refractivity contribution is 6.07. The van der Waals surface area contributed by atoms with Crippen LogP contribution >= 0.6 is 0 Å². The molecule has 4 aromatic rings. The normalized spacial score (nSPS) is 27.0. The highest BCUT2D eigenvalue weighted by Crippen LogP contribution is 2.30. The van der Waals surface area contributed by atoms with Gasteiger partial charge in [-0.25, -0.2) is 4.79 Å². The van der Waals surface area contributed by atoms with Gasteiger partial charge in [-0.3, -0.25) is 52.7 Å². The number of nitrogens with zero attached hydrogens (tertiary/aromatic N) is 2. The Morgan fingerprint density at radius 2 is 1.33 bits per heavy atom. The van der Waals surface area contributed by atoms with Crippen LogP contribution in [-0.2, 0) is 62.3 Å². The average Bonchev–Trinajstić information content (AvgIpc) is 1.88. The minimum absolute atomic E-state index is 0.153. The van der Waals surface area contributed by atoms with Gasteiger partial charge in [0.25, 0.3) is 5.91 Å². The number of nitrogens with two attached hydrogens (primary N) is 1. The van der Waals surface area contributed by atoms with E-state index in [4.69, 9.17) is 10.5 Å². The molecule has 3 aliphatic rings. The standard InChI is InChI=1S/C59H77N13O19/c1-25(2)49(79)46-57(87)72-18-16-40(76)48(72)59(90)91-29(6)45(69-52(82)38(24-73)65-41(77)20-34(60)58(88)89)55(85)68-44(28(5)74)54(84)64-27(4)50(80)63-23-42(78)71-17-15-39(75)47(71)56(86)66-37(19-30-21-61-35-13-9-7-11-31(30)35)51(81)67-43(53(83)70-46)26(3)33-22-62-36-14-10-8-12-32(33)36/h7-14,19,21-22,25-29,34,38-40,43-49,61-62,73-76,79H,15-18,20,23-24,60H2,1-6H3,(H,63,80)(H,64,84)(H,65,77)(H,66,86)(H,67,81)(H,68,85)(H,69,82)(H,70,83)(H,88,89)/b37-19-. The quantitative estimate of drug-likeness (QED) is 0.0440. The number of hydrogen-bond donors (Lipinski definition) is 17. The number of hydrogen-bond acceptors (Lipinski definition) is 19. The van der Waals surface area contributed by atoms with Gasteiger partial charge in [0.15, 0.2) is 6.04 Å². The molecule has 0 saturated carbocycles. The number of fused-ring (bicyclic) bond motifs is 4. The van der Waals surface area contributed by atoms with Gasteiger partial charge >= 0.3 is 11.9 Å². The Bertz CT molecular complexity index is 3460. The third kappa shape index (κ3) is 16.2. The summed E-state index contributed by atoms with van der Waals surface area (Å²) in [5, 5.41) is 85.0. The van der Waals surface area contributed by atoms with Crippen molar-refractivity contribution in [1.29, 1.82) is 0 Å². The molecule has 18 N–H and O–H groups in total. The third-order valence-electron chi connectivity index (χ3n) is 16.2. The minimum atomic E-state index is -2.19. The molecule has 0 aliphatic carbocycles. The molecule has 492 valence electrons. The first kappa shape index (κ1) is 69.1. The summed E-state index contributed by atoms with van der Waals surface area (Å²) in [7, 11) is 0. The van der Waals surface area contributed by atoms with Crippen molar-refractivity contribution in [3.05, 3.63) is 77.7 Å². The monoisotopic (exact) mass is 1270 g/mol. The summed E-state index contributed by atoms with van der Waals surface area (Å²) in [5.74, 6) is -16.5. The number of aromatic amines is 2. The largest absolute Gasteiger partial charge is 0.480 e. The highest BCUT2D eigenvalue weighted by atomic mass is 16.5. The fourth-order valence-corrected chi connectivity index (χ4v) is 10.9. The molecule has 3 aliphatic heterocycles. The van der Waals surface area contributed by atoms with Gasteiger partial charge in [0.2, 0.25) is 53.2 Å². The van der Waals surface area contributed by atoms with E-state index >= 15 is 14.4 Å². The molecule has 0 radical (unpaired) electrons. The van der Waals surface area contributed by atoms with Crippen molar-refractivity contribution in [2.75, 3.05) is 26.2 Å². The van der Waals surface area contributed by atoms with Crippen molar-refractivity contribution in [2.24, 2.45) is 11.7 Å². The van der Waals surface area contributed by atoms with E-state index in [9.17, 15) is 73.8 Å². The van der Waals surface area contributed by atoms with Gasteiger partial charge in [0.05, 0.1) is 44.0 Å². The number of cyclic esters (lactones) is 1. The lowest BCUT2D eigenvalue weighted by Gasteiger charge is -2.35. The Balaban J connectivity index is 1.31.